The number of para-hydroxylation sites is 1. The van der Waals surface area contributed by atoms with Crippen molar-refractivity contribution < 1.29 is 13.2 Å². The zero-order valence-electron chi connectivity index (χ0n) is 19.5. The SMILES string of the molecule is CCCCN(CCCC)S(=O)(=O)c1ccc(C(=O)Nc2cc(C)nn2-c2ccccc2)cc1. The first-order chi connectivity index (χ1) is 15.9. The van der Waals surface area contributed by atoms with E-state index in [9.17, 15) is 13.2 Å². The van der Waals surface area contributed by atoms with Crippen molar-refractivity contribution >= 4 is 21.7 Å². The maximum absolute atomic E-state index is 13.1. The molecule has 176 valence electrons. The fraction of sp³-hybridized carbons (Fsp3) is 0.360. The van der Waals surface area contributed by atoms with Crippen molar-refractivity contribution in [1.82, 2.24) is 14.1 Å². The highest BCUT2D eigenvalue weighted by molar-refractivity contribution is 7.89. The number of anilines is 1. The van der Waals surface area contributed by atoms with Crippen molar-refractivity contribution in [3.05, 3.63) is 71.9 Å². The largest absolute Gasteiger partial charge is 0.306 e. The third-order valence-electron chi connectivity index (χ3n) is 5.35. The van der Waals surface area contributed by atoms with E-state index in [1.807, 2.05) is 51.1 Å². The molecular weight excluding hydrogens is 436 g/mol. The van der Waals surface area contributed by atoms with Gasteiger partial charge in [-0.15, -0.1) is 0 Å². The monoisotopic (exact) mass is 468 g/mol. The molecule has 1 N–H and O–H groups in total. The smallest absolute Gasteiger partial charge is 0.256 e. The number of nitrogens with one attached hydrogen (secondary N) is 1. The normalized spacial score (nSPS) is 11.6. The molecule has 0 unspecified atom stereocenters. The summed E-state index contributed by atoms with van der Waals surface area (Å²) < 4.78 is 29.5. The van der Waals surface area contributed by atoms with Gasteiger partial charge in [-0.05, 0) is 56.2 Å². The van der Waals surface area contributed by atoms with Crippen molar-refractivity contribution in [2.75, 3.05) is 18.4 Å². The van der Waals surface area contributed by atoms with Crippen LogP contribution >= 0.6 is 0 Å². The first-order valence-electron chi connectivity index (χ1n) is 11.4. The van der Waals surface area contributed by atoms with Crippen molar-refractivity contribution in [2.24, 2.45) is 0 Å². The number of amides is 1. The maximum atomic E-state index is 13.1. The molecule has 0 bridgehead atoms. The Morgan fingerprint density at radius 2 is 1.58 bits per heavy atom. The number of aryl methyl sites for hydroxylation is 1. The number of aromatic nitrogens is 2. The molecule has 1 amide bonds. The zero-order valence-corrected chi connectivity index (χ0v) is 20.3. The summed E-state index contributed by atoms with van der Waals surface area (Å²) in [6, 6.07) is 17.5. The lowest BCUT2D eigenvalue weighted by atomic mass is 10.2. The molecule has 0 saturated carbocycles. The molecule has 0 fully saturated rings. The van der Waals surface area contributed by atoms with Gasteiger partial charge in [-0.1, -0.05) is 44.9 Å². The number of sulfonamides is 1. The highest BCUT2D eigenvalue weighted by Gasteiger charge is 2.24. The van der Waals surface area contributed by atoms with Crippen molar-refractivity contribution in [2.45, 2.75) is 51.3 Å². The molecule has 8 heteroatoms. The van der Waals surface area contributed by atoms with Crippen molar-refractivity contribution in [3.63, 3.8) is 0 Å². The lowest BCUT2D eigenvalue weighted by molar-refractivity contribution is 0.102. The van der Waals surface area contributed by atoms with E-state index in [1.165, 1.54) is 12.1 Å². The van der Waals surface area contributed by atoms with Crippen LogP contribution in [0.5, 0.6) is 0 Å². The molecule has 0 saturated heterocycles. The highest BCUT2D eigenvalue weighted by atomic mass is 32.2. The van der Waals surface area contributed by atoms with Crippen molar-refractivity contribution in [1.29, 1.82) is 0 Å². The molecule has 3 rings (SSSR count). The molecule has 2 aromatic carbocycles. The van der Waals surface area contributed by atoms with Gasteiger partial charge in [0.25, 0.3) is 5.91 Å². The van der Waals surface area contributed by atoms with E-state index in [1.54, 1.807) is 27.2 Å². The first kappa shape index (κ1) is 24.7. The number of carbonyl (C=O) groups is 1. The number of carbonyl (C=O) groups excluding carboxylic acids is 1. The number of unbranched alkanes of at least 4 members (excludes halogenated alkanes) is 2. The predicted molar refractivity (Wildman–Crippen MR) is 131 cm³/mol. The summed E-state index contributed by atoms with van der Waals surface area (Å²) in [5.41, 5.74) is 1.98. The standard InChI is InChI=1S/C25H32N4O3S/c1-4-6-17-28(18-7-5-2)33(31,32)23-15-13-21(14-16-23)25(30)26-24-19-20(3)27-29(24)22-11-9-8-10-12-22/h8-16,19H,4-7,17-18H2,1-3H3,(H,26,30). The summed E-state index contributed by atoms with van der Waals surface area (Å²) >= 11 is 0. The Labute approximate surface area is 196 Å². The van der Waals surface area contributed by atoms with Gasteiger partial charge >= 0.3 is 0 Å². The predicted octanol–water partition coefficient (Wildman–Crippen LogP) is 5.02. The fourth-order valence-electron chi connectivity index (χ4n) is 3.49. The fourth-order valence-corrected chi connectivity index (χ4v) is 5.01. The van der Waals surface area contributed by atoms with Crippen molar-refractivity contribution in [3.8, 4) is 5.69 Å². The third kappa shape index (κ3) is 6.09. The van der Waals surface area contributed by atoms with Crippen LogP contribution in [0, 0.1) is 6.92 Å². The van der Waals surface area contributed by atoms with Gasteiger partial charge in [0.15, 0.2) is 0 Å². The van der Waals surface area contributed by atoms with Gasteiger partial charge < -0.3 is 5.32 Å². The number of rotatable bonds is 11. The second-order valence-electron chi connectivity index (χ2n) is 8.01. The van der Waals surface area contributed by atoms with Crippen LogP contribution in [-0.4, -0.2) is 41.5 Å². The second-order valence-corrected chi connectivity index (χ2v) is 9.95. The number of hydrogen-bond acceptors (Lipinski definition) is 4. The van der Waals surface area contributed by atoms with Gasteiger partial charge in [-0.2, -0.15) is 9.40 Å². The minimum Gasteiger partial charge on any atom is -0.306 e. The van der Waals surface area contributed by atoms with Gasteiger partial charge in [0, 0.05) is 24.7 Å². The molecule has 1 heterocycles. The summed E-state index contributed by atoms with van der Waals surface area (Å²) in [4.78, 5) is 13.1. The molecule has 0 aliphatic rings. The Hall–Kier alpha value is -2.97. The molecule has 0 aliphatic heterocycles. The topological polar surface area (TPSA) is 84.3 Å². The molecule has 0 spiro atoms. The van der Waals surface area contributed by atoms with E-state index in [0.29, 0.717) is 24.5 Å². The number of nitrogens with zero attached hydrogens (tertiary/aromatic N) is 3. The lowest BCUT2D eigenvalue weighted by Crippen LogP contribution is -2.33. The van der Waals surface area contributed by atoms with Crippen LogP contribution in [0.1, 0.15) is 55.6 Å². The van der Waals surface area contributed by atoms with Crippen LogP contribution in [0.3, 0.4) is 0 Å². The van der Waals surface area contributed by atoms with E-state index in [0.717, 1.165) is 37.1 Å². The summed E-state index contributed by atoms with van der Waals surface area (Å²) in [6.07, 6.45) is 3.49. The van der Waals surface area contributed by atoms with Gasteiger partial charge in [-0.3, -0.25) is 4.79 Å². The van der Waals surface area contributed by atoms with Crippen LogP contribution < -0.4 is 5.32 Å². The van der Waals surface area contributed by atoms with E-state index >= 15 is 0 Å². The molecule has 0 atom stereocenters. The summed E-state index contributed by atoms with van der Waals surface area (Å²) in [7, 11) is -3.60. The maximum Gasteiger partial charge on any atom is 0.256 e. The van der Waals surface area contributed by atoms with E-state index in [-0.39, 0.29) is 10.8 Å². The molecule has 0 aliphatic carbocycles. The Bertz CT molecular complexity index is 1150. The quantitative estimate of drug-likeness (QED) is 0.428. The Balaban J connectivity index is 1.78. The zero-order chi connectivity index (χ0) is 23.8. The Morgan fingerprint density at radius 3 is 2.15 bits per heavy atom. The van der Waals surface area contributed by atoms with Gasteiger partial charge in [0.05, 0.1) is 16.3 Å². The molecule has 0 radical (unpaired) electrons. The highest BCUT2D eigenvalue weighted by Crippen LogP contribution is 2.20. The molecule has 7 nitrogen and oxygen atoms in total. The number of hydrogen-bond donors (Lipinski definition) is 1. The van der Waals surface area contributed by atoms with Gasteiger partial charge in [0.2, 0.25) is 10.0 Å². The van der Waals surface area contributed by atoms with Crippen LogP contribution in [-0.2, 0) is 10.0 Å². The molecule has 3 aromatic rings. The lowest BCUT2D eigenvalue weighted by Gasteiger charge is -2.22. The summed E-state index contributed by atoms with van der Waals surface area (Å²) in [5, 5.41) is 7.34. The third-order valence-corrected chi connectivity index (χ3v) is 7.26. The van der Waals surface area contributed by atoms with Crippen LogP contribution in [0.4, 0.5) is 5.82 Å². The van der Waals surface area contributed by atoms with Gasteiger partial charge in [0.1, 0.15) is 5.82 Å². The molecule has 1 aromatic heterocycles. The molecule has 33 heavy (non-hydrogen) atoms. The Morgan fingerprint density at radius 1 is 0.970 bits per heavy atom. The van der Waals surface area contributed by atoms with E-state index in [2.05, 4.69) is 10.4 Å². The minimum atomic E-state index is -3.60. The average molecular weight is 469 g/mol. The van der Waals surface area contributed by atoms with Crippen LogP contribution in [0.25, 0.3) is 5.69 Å². The first-order valence-corrected chi connectivity index (χ1v) is 12.8. The van der Waals surface area contributed by atoms with Crippen LogP contribution in [0.2, 0.25) is 0 Å². The minimum absolute atomic E-state index is 0.205. The van der Waals surface area contributed by atoms with E-state index < -0.39 is 10.0 Å². The number of benzene rings is 2. The summed E-state index contributed by atoms with van der Waals surface area (Å²) in [5.74, 6) is 0.218. The van der Waals surface area contributed by atoms with Crippen LogP contribution in [0.15, 0.2) is 65.6 Å². The van der Waals surface area contributed by atoms with Gasteiger partial charge in [-0.25, -0.2) is 13.1 Å². The molecular formula is C25H32N4O3S. The Kier molecular flexibility index (Phi) is 8.41. The summed E-state index contributed by atoms with van der Waals surface area (Å²) in [6.45, 7) is 6.96. The average Bonchev–Trinajstić information content (AvgIpc) is 3.19. The second kappa shape index (κ2) is 11.2. The van der Waals surface area contributed by atoms with E-state index in [4.69, 9.17) is 0 Å².